The molecule has 2 rings (SSSR count). The molecule has 110 valence electrons. The number of nitrogens with one attached hydrogen (secondary N) is 1. The average molecular weight is 288 g/mol. The van der Waals surface area contributed by atoms with Crippen LogP contribution >= 0.6 is 0 Å². The van der Waals surface area contributed by atoms with E-state index in [1.807, 2.05) is 0 Å². The van der Waals surface area contributed by atoms with Gasteiger partial charge < -0.3 is 5.32 Å². The number of anilines is 1. The van der Waals surface area contributed by atoms with Crippen LogP contribution in [-0.4, -0.2) is 34.9 Å². The monoisotopic (exact) mass is 288 g/mol. The van der Waals surface area contributed by atoms with Crippen LogP contribution in [0.15, 0.2) is 24.3 Å². The Morgan fingerprint density at radius 2 is 1.67 bits per heavy atom. The van der Waals surface area contributed by atoms with Gasteiger partial charge in [-0.25, -0.2) is 0 Å². The average Bonchev–Trinajstić information content (AvgIpc) is 2.79. The van der Waals surface area contributed by atoms with Gasteiger partial charge in [0, 0.05) is 30.5 Å². The number of benzene rings is 1. The zero-order chi connectivity index (χ0) is 15.4. The number of hydrogen-bond acceptors (Lipinski definition) is 4. The fraction of sp³-hybridized carbons (Fsp3) is 0.333. The van der Waals surface area contributed by atoms with Gasteiger partial charge in [0.2, 0.25) is 17.7 Å². The van der Waals surface area contributed by atoms with Crippen molar-refractivity contribution >= 4 is 29.2 Å². The summed E-state index contributed by atoms with van der Waals surface area (Å²) < 4.78 is 0. The van der Waals surface area contributed by atoms with E-state index in [0.717, 1.165) is 4.90 Å². The van der Waals surface area contributed by atoms with E-state index < -0.39 is 0 Å². The summed E-state index contributed by atoms with van der Waals surface area (Å²) in [6.07, 6.45) is 0.724. The van der Waals surface area contributed by atoms with Crippen LogP contribution in [0, 0.1) is 0 Å². The third kappa shape index (κ3) is 3.53. The van der Waals surface area contributed by atoms with Crippen LogP contribution in [0.2, 0.25) is 0 Å². The minimum Gasteiger partial charge on any atom is -0.326 e. The number of amides is 3. The van der Waals surface area contributed by atoms with E-state index in [1.165, 1.54) is 0 Å². The summed E-state index contributed by atoms with van der Waals surface area (Å²) in [5.74, 6) is -1.02. The molecule has 1 N–H and O–H groups in total. The minimum absolute atomic E-state index is 0.109. The first-order valence-electron chi connectivity index (χ1n) is 6.77. The van der Waals surface area contributed by atoms with E-state index in [4.69, 9.17) is 0 Å². The Hall–Kier alpha value is -2.50. The molecule has 3 amide bonds. The lowest BCUT2D eigenvalue weighted by molar-refractivity contribution is -0.137. The van der Waals surface area contributed by atoms with Crippen molar-refractivity contribution in [3.05, 3.63) is 29.8 Å². The first kappa shape index (κ1) is 14.9. The summed E-state index contributed by atoms with van der Waals surface area (Å²) in [6.45, 7) is 1.52. The van der Waals surface area contributed by atoms with Crippen molar-refractivity contribution in [2.24, 2.45) is 0 Å². The standard InChI is InChI=1S/C15H16N2O4/c1-2-13(19)16-11-5-3-10(4-6-11)12(18)9-17-14(20)7-8-15(17)21/h3-6H,2,7-9H2,1H3,(H,16,19). The van der Waals surface area contributed by atoms with E-state index in [0.29, 0.717) is 17.7 Å². The number of hydrogen-bond donors (Lipinski definition) is 1. The van der Waals surface area contributed by atoms with Gasteiger partial charge in [0.25, 0.3) is 0 Å². The fourth-order valence-electron chi connectivity index (χ4n) is 2.02. The lowest BCUT2D eigenvalue weighted by Gasteiger charge is -2.12. The van der Waals surface area contributed by atoms with Gasteiger partial charge >= 0.3 is 0 Å². The quantitative estimate of drug-likeness (QED) is 0.655. The predicted octanol–water partition coefficient (Wildman–Crippen LogP) is 1.37. The smallest absolute Gasteiger partial charge is 0.230 e. The van der Waals surface area contributed by atoms with Crippen LogP contribution in [0.25, 0.3) is 0 Å². The molecule has 1 saturated heterocycles. The summed E-state index contributed by atoms with van der Waals surface area (Å²) >= 11 is 0. The third-order valence-corrected chi connectivity index (χ3v) is 3.27. The Morgan fingerprint density at radius 1 is 1.10 bits per heavy atom. The van der Waals surface area contributed by atoms with Crippen LogP contribution in [0.5, 0.6) is 0 Å². The summed E-state index contributed by atoms with van der Waals surface area (Å²) in [6, 6.07) is 6.38. The Bertz CT molecular complexity index is 576. The van der Waals surface area contributed by atoms with Gasteiger partial charge in [-0.3, -0.25) is 24.1 Å². The highest BCUT2D eigenvalue weighted by Gasteiger charge is 2.30. The summed E-state index contributed by atoms with van der Waals surface area (Å²) in [7, 11) is 0. The Labute approximate surface area is 122 Å². The zero-order valence-corrected chi connectivity index (χ0v) is 11.7. The van der Waals surface area contributed by atoms with Gasteiger partial charge in [-0.05, 0) is 24.3 Å². The van der Waals surface area contributed by atoms with Crippen molar-refractivity contribution in [2.45, 2.75) is 26.2 Å². The molecule has 1 aromatic rings. The van der Waals surface area contributed by atoms with E-state index in [-0.39, 0.29) is 42.9 Å². The maximum atomic E-state index is 12.0. The molecule has 0 aliphatic carbocycles. The van der Waals surface area contributed by atoms with Gasteiger partial charge in [-0.15, -0.1) is 0 Å². The molecule has 1 aromatic carbocycles. The fourth-order valence-corrected chi connectivity index (χ4v) is 2.02. The molecule has 1 heterocycles. The number of carbonyl (C=O) groups excluding carboxylic acids is 4. The molecule has 0 saturated carbocycles. The van der Waals surface area contributed by atoms with Crippen LogP contribution in [-0.2, 0) is 14.4 Å². The van der Waals surface area contributed by atoms with Crippen LogP contribution < -0.4 is 5.32 Å². The van der Waals surface area contributed by atoms with E-state index >= 15 is 0 Å². The molecular formula is C15H16N2O4. The summed E-state index contributed by atoms with van der Waals surface area (Å²) in [5, 5.41) is 2.68. The maximum Gasteiger partial charge on any atom is 0.230 e. The molecule has 0 unspecified atom stereocenters. The van der Waals surface area contributed by atoms with Crippen molar-refractivity contribution in [1.82, 2.24) is 4.90 Å². The predicted molar refractivity (Wildman–Crippen MR) is 75.6 cm³/mol. The second-order valence-electron chi connectivity index (χ2n) is 4.78. The molecule has 0 bridgehead atoms. The van der Waals surface area contributed by atoms with Crippen molar-refractivity contribution in [1.29, 1.82) is 0 Å². The second-order valence-corrected chi connectivity index (χ2v) is 4.78. The van der Waals surface area contributed by atoms with Gasteiger partial charge in [0.05, 0.1) is 6.54 Å². The molecule has 0 radical (unpaired) electrons. The number of nitrogens with zero attached hydrogens (tertiary/aromatic N) is 1. The van der Waals surface area contributed by atoms with E-state index in [1.54, 1.807) is 31.2 Å². The summed E-state index contributed by atoms with van der Waals surface area (Å²) in [4.78, 5) is 47.2. The molecule has 0 atom stereocenters. The Kier molecular flexibility index (Phi) is 4.47. The highest BCUT2D eigenvalue weighted by Crippen LogP contribution is 2.14. The lowest BCUT2D eigenvalue weighted by atomic mass is 10.1. The van der Waals surface area contributed by atoms with Gasteiger partial charge in [0.15, 0.2) is 5.78 Å². The number of imide groups is 1. The van der Waals surface area contributed by atoms with Crippen molar-refractivity contribution in [2.75, 3.05) is 11.9 Å². The van der Waals surface area contributed by atoms with Crippen LogP contribution in [0.1, 0.15) is 36.5 Å². The Morgan fingerprint density at radius 3 is 2.19 bits per heavy atom. The largest absolute Gasteiger partial charge is 0.326 e. The third-order valence-electron chi connectivity index (χ3n) is 3.27. The topological polar surface area (TPSA) is 83.6 Å². The van der Waals surface area contributed by atoms with Gasteiger partial charge in [-0.1, -0.05) is 6.92 Å². The Balaban J connectivity index is 2.01. The van der Waals surface area contributed by atoms with Gasteiger partial charge in [0.1, 0.15) is 0 Å². The number of ketones is 1. The molecule has 0 spiro atoms. The molecule has 1 fully saturated rings. The molecule has 6 nitrogen and oxygen atoms in total. The van der Waals surface area contributed by atoms with Crippen LogP contribution in [0.3, 0.4) is 0 Å². The number of rotatable bonds is 5. The highest BCUT2D eigenvalue weighted by atomic mass is 16.2. The number of carbonyl (C=O) groups is 4. The number of Topliss-reactive ketones (excluding diaryl/α,β-unsaturated/α-hetero) is 1. The normalized spacial score (nSPS) is 14.4. The molecular weight excluding hydrogens is 272 g/mol. The van der Waals surface area contributed by atoms with Crippen molar-refractivity contribution in [3.63, 3.8) is 0 Å². The molecule has 21 heavy (non-hydrogen) atoms. The summed E-state index contributed by atoms with van der Waals surface area (Å²) in [5.41, 5.74) is 1.00. The first-order chi connectivity index (χ1) is 10.0. The van der Waals surface area contributed by atoms with Crippen molar-refractivity contribution in [3.8, 4) is 0 Å². The molecule has 1 aliphatic heterocycles. The second kappa shape index (κ2) is 6.30. The maximum absolute atomic E-state index is 12.0. The van der Waals surface area contributed by atoms with E-state index in [2.05, 4.69) is 5.32 Å². The zero-order valence-electron chi connectivity index (χ0n) is 11.7. The molecule has 0 aromatic heterocycles. The SMILES string of the molecule is CCC(=O)Nc1ccc(C(=O)CN2C(=O)CCC2=O)cc1. The van der Waals surface area contributed by atoms with Crippen LogP contribution in [0.4, 0.5) is 5.69 Å². The first-order valence-corrected chi connectivity index (χ1v) is 6.77. The lowest BCUT2D eigenvalue weighted by Crippen LogP contribution is -2.34. The molecule has 6 heteroatoms. The molecule has 1 aliphatic rings. The van der Waals surface area contributed by atoms with Gasteiger partial charge in [-0.2, -0.15) is 0 Å². The van der Waals surface area contributed by atoms with Crippen molar-refractivity contribution < 1.29 is 19.2 Å². The minimum atomic E-state index is -0.305. The van der Waals surface area contributed by atoms with E-state index in [9.17, 15) is 19.2 Å². The number of likely N-dealkylation sites (tertiary alicyclic amines) is 1. The highest BCUT2D eigenvalue weighted by molar-refractivity contribution is 6.08.